The van der Waals surface area contributed by atoms with Crippen LogP contribution in [0.1, 0.15) is 15.2 Å². The van der Waals surface area contributed by atoms with Gasteiger partial charge in [-0.2, -0.15) is 4.31 Å². The summed E-state index contributed by atoms with van der Waals surface area (Å²) in [6, 6.07) is 13.7. The zero-order valence-corrected chi connectivity index (χ0v) is 25.8. The van der Waals surface area contributed by atoms with Crippen molar-refractivity contribution < 1.29 is 22.7 Å². The van der Waals surface area contributed by atoms with Gasteiger partial charge in [-0.15, -0.1) is 11.3 Å². The first-order chi connectivity index (χ1) is 19.6. The lowest BCUT2D eigenvalue weighted by molar-refractivity contribution is -0.133. The van der Waals surface area contributed by atoms with Gasteiger partial charge in [-0.25, -0.2) is 13.2 Å². The maximum Gasteiger partial charge on any atom is 0.349 e. The first-order valence-corrected chi connectivity index (χ1v) is 16.2. The third-order valence-corrected chi connectivity index (χ3v) is 11.0. The van der Waals surface area contributed by atoms with E-state index < -0.39 is 22.0 Å². The summed E-state index contributed by atoms with van der Waals surface area (Å²) in [5, 5.41) is 2.73. The van der Waals surface area contributed by atoms with Crippen molar-refractivity contribution in [2.45, 2.75) is 17.9 Å². The lowest BCUT2D eigenvalue weighted by Gasteiger charge is -2.45. The molecular weight excluding hydrogens is 607 g/mol. The number of carbonyl (C=O) groups excluding carboxylic acids is 2. The number of hydrogen-bond acceptors (Lipinski definition) is 8. The number of hydrogen-bond donors (Lipinski definition) is 0. The molecule has 1 amide bonds. The number of para-hydroxylation sites is 1. The quantitative estimate of drug-likeness (QED) is 0.371. The van der Waals surface area contributed by atoms with E-state index in [1.54, 1.807) is 22.4 Å². The molecule has 2 aliphatic rings. The number of carbonyl (C=O) groups is 2. The molecule has 1 atom stereocenters. The zero-order chi connectivity index (χ0) is 29.3. The molecule has 5 rings (SSSR count). The van der Waals surface area contributed by atoms with E-state index in [4.69, 9.17) is 27.9 Å². The molecule has 13 heteroatoms. The minimum absolute atomic E-state index is 0.0208. The number of halogens is 2. The van der Waals surface area contributed by atoms with Crippen molar-refractivity contribution in [3.8, 4) is 0 Å². The van der Waals surface area contributed by atoms with E-state index in [9.17, 15) is 18.0 Å². The van der Waals surface area contributed by atoms with Gasteiger partial charge in [0.2, 0.25) is 15.9 Å². The fourth-order valence-corrected chi connectivity index (χ4v) is 8.50. The summed E-state index contributed by atoms with van der Waals surface area (Å²) < 4.78 is 33.6. The number of aryl methyl sites for hydroxylation is 1. The van der Waals surface area contributed by atoms with Crippen molar-refractivity contribution in [3.63, 3.8) is 0 Å². The molecule has 2 fully saturated rings. The van der Waals surface area contributed by atoms with Crippen molar-refractivity contribution in [2.24, 2.45) is 0 Å². The second-order valence-corrected chi connectivity index (χ2v) is 13.5. The molecule has 1 unspecified atom stereocenters. The van der Waals surface area contributed by atoms with E-state index in [-0.39, 0.29) is 28.8 Å². The maximum absolute atomic E-state index is 14.1. The Hall–Kier alpha value is -2.83. The van der Waals surface area contributed by atoms with Gasteiger partial charge in [-0.05, 0) is 48.2 Å². The molecule has 1 aromatic heterocycles. The molecule has 0 bridgehead atoms. The smallest absolute Gasteiger partial charge is 0.349 e. The van der Waals surface area contributed by atoms with E-state index in [0.29, 0.717) is 42.8 Å². The number of thiophene rings is 1. The maximum atomic E-state index is 14.1. The summed E-state index contributed by atoms with van der Waals surface area (Å²) in [5.74, 6) is -0.856. The summed E-state index contributed by atoms with van der Waals surface area (Å²) >= 11 is 13.6. The summed E-state index contributed by atoms with van der Waals surface area (Å²) in [6.07, 6.45) is 0. The van der Waals surface area contributed by atoms with Crippen LogP contribution in [0.3, 0.4) is 0 Å². The van der Waals surface area contributed by atoms with Gasteiger partial charge in [-0.1, -0.05) is 41.4 Å². The van der Waals surface area contributed by atoms with Gasteiger partial charge >= 0.3 is 5.97 Å². The lowest BCUT2D eigenvalue weighted by atomic mass is 10.1. The number of amides is 1. The monoisotopic (exact) mass is 636 g/mol. The Balaban J connectivity index is 1.40. The van der Waals surface area contributed by atoms with Gasteiger partial charge in [0.15, 0.2) is 0 Å². The standard InChI is InChI=1S/C28H30Cl2N4O5S2/c1-19-5-3-4-6-22(19)34-15-14-33(41(37,38)25-9-16-40-26(25)28(36)39-2)18-24(34)27(35)32-12-10-31(11-13-32)23-17-20(29)7-8-21(23)30/h3-9,16-17,24H,10-15,18H2,1-2H3. The van der Waals surface area contributed by atoms with Gasteiger partial charge in [0.05, 0.1) is 17.8 Å². The van der Waals surface area contributed by atoms with Crippen LogP contribution >= 0.6 is 34.5 Å². The van der Waals surface area contributed by atoms with E-state index in [2.05, 4.69) is 4.90 Å². The van der Waals surface area contributed by atoms with Gasteiger partial charge < -0.3 is 19.4 Å². The average Bonchev–Trinajstić information content (AvgIpc) is 3.49. The molecule has 3 aromatic rings. The molecule has 0 N–H and O–H groups in total. The Bertz CT molecular complexity index is 1560. The Labute approximate surface area is 253 Å². The van der Waals surface area contributed by atoms with Crippen LogP contribution in [0.2, 0.25) is 10.0 Å². The molecule has 0 saturated carbocycles. The Morgan fingerprint density at radius 1 is 0.951 bits per heavy atom. The van der Waals surface area contributed by atoms with Crippen LogP contribution in [0.25, 0.3) is 0 Å². The minimum atomic E-state index is -4.06. The molecule has 9 nitrogen and oxygen atoms in total. The van der Waals surface area contributed by atoms with Crippen LogP contribution < -0.4 is 9.80 Å². The van der Waals surface area contributed by atoms with Crippen molar-refractivity contribution in [2.75, 3.05) is 62.7 Å². The third-order valence-electron chi connectivity index (χ3n) is 7.51. The van der Waals surface area contributed by atoms with Crippen molar-refractivity contribution in [1.82, 2.24) is 9.21 Å². The number of benzene rings is 2. The van der Waals surface area contributed by atoms with Crippen LogP contribution in [-0.2, 0) is 19.6 Å². The largest absolute Gasteiger partial charge is 0.465 e. The number of nitrogens with zero attached hydrogens (tertiary/aromatic N) is 4. The Morgan fingerprint density at radius 3 is 2.39 bits per heavy atom. The molecule has 0 aliphatic carbocycles. The molecule has 2 aromatic carbocycles. The number of piperazine rings is 2. The average molecular weight is 638 g/mol. The molecular formula is C28H30Cl2N4O5S2. The van der Waals surface area contributed by atoms with Crippen molar-refractivity contribution in [3.05, 3.63) is 74.4 Å². The van der Waals surface area contributed by atoms with Gasteiger partial charge in [-0.3, -0.25) is 4.79 Å². The van der Waals surface area contributed by atoms with Crippen molar-refractivity contribution in [1.29, 1.82) is 0 Å². The van der Waals surface area contributed by atoms with Gasteiger partial charge in [0.25, 0.3) is 0 Å². The zero-order valence-electron chi connectivity index (χ0n) is 22.6. The highest BCUT2D eigenvalue weighted by Gasteiger charge is 2.42. The number of sulfonamides is 1. The van der Waals surface area contributed by atoms with Crippen LogP contribution in [0.5, 0.6) is 0 Å². The normalized spacial score (nSPS) is 18.4. The van der Waals surface area contributed by atoms with E-state index >= 15 is 0 Å². The van der Waals surface area contributed by atoms with Gasteiger partial charge in [0, 0.05) is 56.5 Å². The Kier molecular flexibility index (Phi) is 8.81. The Morgan fingerprint density at radius 2 is 1.68 bits per heavy atom. The second kappa shape index (κ2) is 12.2. The number of rotatable bonds is 6. The van der Waals surface area contributed by atoms with Crippen LogP contribution in [0, 0.1) is 6.92 Å². The highest BCUT2D eigenvalue weighted by Crippen LogP contribution is 2.32. The molecule has 0 radical (unpaired) electrons. The van der Waals surface area contributed by atoms with Crippen LogP contribution in [0.4, 0.5) is 11.4 Å². The number of anilines is 2. The fraction of sp³-hybridized carbons (Fsp3) is 0.357. The summed E-state index contributed by atoms with van der Waals surface area (Å²) in [7, 11) is -2.84. The highest BCUT2D eigenvalue weighted by atomic mass is 35.5. The first kappa shape index (κ1) is 29.7. The van der Waals surface area contributed by atoms with Crippen LogP contribution in [-0.4, -0.2) is 88.5 Å². The molecule has 218 valence electrons. The third kappa shape index (κ3) is 5.91. The van der Waals surface area contributed by atoms with Crippen LogP contribution in [0.15, 0.2) is 58.8 Å². The summed E-state index contributed by atoms with van der Waals surface area (Å²) in [4.78, 5) is 32.2. The summed E-state index contributed by atoms with van der Waals surface area (Å²) in [6.45, 7) is 4.42. The lowest BCUT2D eigenvalue weighted by Crippen LogP contribution is -2.62. The fourth-order valence-electron chi connectivity index (χ4n) is 5.35. The predicted molar refractivity (Wildman–Crippen MR) is 162 cm³/mol. The molecule has 2 saturated heterocycles. The molecule has 3 heterocycles. The first-order valence-electron chi connectivity index (χ1n) is 13.1. The molecule has 41 heavy (non-hydrogen) atoms. The van der Waals surface area contributed by atoms with E-state index in [0.717, 1.165) is 28.3 Å². The summed E-state index contributed by atoms with van der Waals surface area (Å²) in [5.41, 5.74) is 2.70. The SMILES string of the molecule is COC(=O)c1sccc1S(=O)(=O)N1CCN(c2ccccc2C)C(C(=O)N2CCN(c3cc(Cl)ccc3Cl)CC2)C1. The van der Waals surface area contributed by atoms with Crippen molar-refractivity contribution >= 4 is 67.8 Å². The van der Waals surface area contributed by atoms with E-state index in [1.165, 1.54) is 17.5 Å². The number of methoxy groups -OCH3 is 1. The number of ether oxygens (including phenoxy) is 1. The van der Waals surface area contributed by atoms with E-state index in [1.807, 2.05) is 42.2 Å². The second-order valence-electron chi connectivity index (χ2n) is 9.87. The topological polar surface area (TPSA) is 90.5 Å². The van der Waals surface area contributed by atoms with Gasteiger partial charge in [0.1, 0.15) is 15.8 Å². The number of esters is 1. The molecule has 0 spiro atoms. The minimum Gasteiger partial charge on any atom is -0.465 e. The highest BCUT2D eigenvalue weighted by molar-refractivity contribution is 7.89. The molecule has 2 aliphatic heterocycles. The predicted octanol–water partition coefficient (Wildman–Crippen LogP) is 4.38.